The summed E-state index contributed by atoms with van der Waals surface area (Å²) in [6.45, 7) is 3.88. The Bertz CT molecular complexity index is 1200. The minimum absolute atomic E-state index is 0.00202. The summed E-state index contributed by atoms with van der Waals surface area (Å²) in [6, 6.07) is 6.50. The standard InChI is InChI=1S/C19H20F2N4O3S/c1-12-9-14(25-18-13(11-22-25)10-15(20)19(26)17(18)21)3-4-16(12)23-5-7-24(8-6-23)29(2,27)28/h3-4,9-11,26H,5-8H2,1-2H3. The highest BCUT2D eigenvalue weighted by Crippen LogP contribution is 2.31. The number of nitrogens with zero attached hydrogens (tertiary/aromatic N) is 4. The van der Waals surface area contributed by atoms with Crippen LogP contribution in [0.5, 0.6) is 5.75 Å². The van der Waals surface area contributed by atoms with Crippen molar-refractivity contribution in [2.24, 2.45) is 0 Å². The summed E-state index contributed by atoms with van der Waals surface area (Å²) in [5.74, 6) is -3.12. The molecule has 0 spiro atoms. The van der Waals surface area contributed by atoms with Crippen molar-refractivity contribution >= 4 is 26.6 Å². The summed E-state index contributed by atoms with van der Waals surface area (Å²) < 4.78 is 54.1. The molecule has 10 heteroatoms. The number of aromatic hydroxyl groups is 1. The number of benzene rings is 2. The zero-order chi connectivity index (χ0) is 20.9. The Hall–Kier alpha value is -2.72. The van der Waals surface area contributed by atoms with Crippen LogP contribution in [0.1, 0.15) is 5.56 Å². The lowest BCUT2D eigenvalue weighted by Crippen LogP contribution is -2.48. The third kappa shape index (κ3) is 3.42. The molecule has 0 amide bonds. The Labute approximate surface area is 166 Å². The maximum atomic E-state index is 14.4. The first-order chi connectivity index (χ1) is 13.7. The van der Waals surface area contributed by atoms with Gasteiger partial charge in [0, 0.05) is 37.3 Å². The van der Waals surface area contributed by atoms with Crippen molar-refractivity contribution in [2.75, 3.05) is 37.3 Å². The first-order valence-corrected chi connectivity index (χ1v) is 10.9. The fraction of sp³-hybridized carbons (Fsp3) is 0.316. The Kier molecular flexibility index (Phi) is 4.70. The summed E-state index contributed by atoms with van der Waals surface area (Å²) >= 11 is 0. The predicted octanol–water partition coefficient (Wildman–Crippen LogP) is 2.40. The Morgan fingerprint density at radius 2 is 1.79 bits per heavy atom. The molecule has 4 rings (SSSR count). The van der Waals surface area contributed by atoms with Gasteiger partial charge in [-0.1, -0.05) is 0 Å². The van der Waals surface area contributed by atoms with Crippen LogP contribution in [0.4, 0.5) is 14.5 Å². The number of rotatable bonds is 3. The SMILES string of the molecule is Cc1cc(-n2ncc3cc(F)c(O)c(F)c32)ccc1N1CCN(S(C)(=O)=O)CC1. The van der Waals surface area contributed by atoms with Crippen LogP contribution in [0.2, 0.25) is 0 Å². The van der Waals surface area contributed by atoms with Gasteiger partial charge in [-0.2, -0.15) is 9.40 Å². The van der Waals surface area contributed by atoms with E-state index in [0.717, 1.165) is 17.3 Å². The number of aryl methyl sites for hydroxylation is 1. The molecule has 7 nitrogen and oxygen atoms in total. The van der Waals surface area contributed by atoms with E-state index in [1.165, 1.54) is 21.4 Å². The van der Waals surface area contributed by atoms with Crippen molar-refractivity contribution in [3.05, 3.63) is 47.7 Å². The fourth-order valence-corrected chi connectivity index (χ4v) is 4.52. The Morgan fingerprint density at radius 3 is 2.41 bits per heavy atom. The van der Waals surface area contributed by atoms with Gasteiger partial charge in [0.25, 0.3) is 0 Å². The molecule has 0 saturated carbocycles. The van der Waals surface area contributed by atoms with Crippen LogP contribution in [0, 0.1) is 18.6 Å². The molecule has 2 aromatic carbocycles. The molecule has 1 aromatic heterocycles. The molecule has 1 fully saturated rings. The fourth-order valence-electron chi connectivity index (χ4n) is 3.69. The predicted molar refractivity (Wildman–Crippen MR) is 106 cm³/mol. The average Bonchev–Trinajstić information content (AvgIpc) is 3.09. The summed E-state index contributed by atoms with van der Waals surface area (Å²) in [5, 5.41) is 14.0. The lowest BCUT2D eigenvalue weighted by Gasteiger charge is -2.35. The maximum Gasteiger partial charge on any atom is 0.211 e. The van der Waals surface area contributed by atoms with Crippen molar-refractivity contribution in [3.8, 4) is 11.4 Å². The van der Waals surface area contributed by atoms with Crippen LogP contribution in [0.3, 0.4) is 0 Å². The van der Waals surface area contributed by atoms with E-state index >= 15 is 0 Å². The summed E-state index contributed by atoms with van der Waals surface area (Å²) in [5.41, 5.74) is 2.43. The van der Waals surface area contributed by atoms with Crippen molar-refractivity contribution in [3.63, 3.8) is 0 Å². The third-order valence-corrected chi connectivity index (χ3v) is 6.50. The zero-order valence-electron chi connectivity index (χ0n) is 15.9. The first kappa shape index (κ1) is 19.6. The molecule has 1 aliphatic rings. The summed E-state index contributed by atoms with van der Waals surface area (Å²) in [7, 11) is -3.20. The smallest absolute Gasteiger partial charge is 0.211 e. The maximum absolute atomic E-state index is 14.4. The van der Waals surface area contributed by atoms with Gasteiger partial charge in [-0.05, 0) is 36.8 Å². The van der Waals surface area contributed by atoms with Gasteiger partial charge in [0.15, 0.2) is 17.4 Å². The number of sulfonamides is 1. The van der Waals surface area contributed by atoms with Gasteiger partial charge in [0.1, 0.15) is 5.52 Å². The van der Waals surface area contributed by atoms with Crippen molar-refractivity contribution in [2.45, 2.75) is 6.92 Å². The second-order valence-electron chi connectivity index (χ2n) is 7.14. The molecule has 0 unspecified atom stereocenters. The topological polar surface area (TPSA) is 78.7 Å². The highest BCUT2D eigenvalue weighted by molar-refractivity contribution is 7.88. The lowest BCUT2D eigenvalue weighted by atomic mass is 10.1. The monoisotopic (exact) mass is 422 g/mol. The molecule has 29 heavy (non-hydrogen) atoms. The largest absolute Gasteiger partial charge is 0.503 e. The second-order valence-corrected chi connectivity index (χ2v) is 9.12. The number of phenols is 1. The number of aromatic nitrogens is 2. The number of piperazine rings is 1. The quantitative estimate of drug-likeness (QED) is 0.701. The van der Waals surface area contributed by atoms with Crippen LogP contribution in [0.15, 0.2) is 30.5 Å². The number of anilines is 1. The van der Waals surface area contributed by atoms with Crippen LogP contribution in [0.25, 0.3) is 16.6 Å². The van der Waals surface area contributed by atoms with E-state index in [1.807, 2.05) is 19.1 Å². The molecule has 0 radical (unpaired) electrons. The Morgan fingerprint density at radius 1 is 1.10 bits per heavy atom. The number of hydrogen-bond donors (Lipinski definition) is 1. The van der Waals surface area contributed by atoms with E-state index in [2.05, 4.69) is 10.00 Å². The number of hydrogen-bond acceptors (Lipinski definition) is 5. The van der Waals surface area contributed by atoms with Crippen molar-refractivity contribution in [1.82, 2.24) is 14.1 Å². The molecule has 0 atom stereocenters. The van der Waals surface area contributed by atoms with E-state index in [-0.39, 0.29) is 10.9 Å². The third-order valence-electron chi connectivity index (χ3n) is 5.20. The minimum Gasteiger partial charge on any atom is -0.503 e. The molecule has 1 aliphatic heterocycles. The molecule has 154 valence electrons. The van der Waals surface area contributed by atoms with Gasteiger partial charge < -0.3 is 10.0 Å². The highest BCUT2D eigenvalue weighted by Gasteiger charge is 2.24. The van der Waals surface area contributed by atoms with Gasteiger partial charge >= 0.3 is 0 Å². The minimum atomic E-state index is -3.20. The number of phenolic OH excluding ortho intramolecular Hbond substituents is 1. The van der Waals surface area contributed by atoms with Crippen LogP contribution in [-0.2, 0) is 10.0 Å². The molecule has 1 saturated heterocycles. The van der Waals surface area contributed by atoms with E-state index in [0.29, 0.717) is 31.9 Å². The van der Waals surface area contributed by atoms with Gasteiger partial charge in [-0.3, -0.25) is 0 Å². The van der Waals surface area contributed by atoms with Crippen LogP contribution >= 0.6 is 0 Å². The molecule has 1 N–H and O–H groups in total. The molecular formula is C19H20F2N4O3S. The zero-order valence-corrected chi connectivity index (χ0v) is 16.7. The molecule has 0 aliphatic carbocycles. The van der Waals surface area contributed by atoms with Crippen LogP contribution in [-0.4, -0.2) is 60.0 Å². The first-order valence-electron chi connectivity index (χ1n) is 9.02. The van der Waals surface area contributed by atoms with Gasteiger partial charge in [-0.25, -0.2) is 21.9 Å². The van der Waals surface area contributed by atoms with E-state index in [9.17, 15) is 22.3 Å². The van der Waals surface area contributed by atoms with E-state index in [1.54, 1.807) is 6.07 Å². The number of fused-ring (bicyclic) bond motifs is 1. The number of halogens is 2. The van der Waals surface area contributed by atoms with Crippen LogP contribution < -0.4 is 4.90 Å². The molecule has 2 heterocycles. The van der Waals surface area contributed by atoms with Gasteiger partial charge in [-0.15, -0.1) is 0 Å². The summed E-state index contributed by atoms with van der Waals surface area (Å²) in [4.78, 5) is 2.10. The van der Waals surface area contributed by atoms with Crippen molar-refractivity contribution < 1.29 is 22.3 Å². The highest BCUT2D eigenvalue weighted by atomic mass is 32.2. The Balaban J connectivity index is 1.65. The van der Waals surface area contributed by atoms with E-state index < -0.39 is 27.4 Å². The van der Waals surface area contributed by atoms with Gasteiger partial charge in [0.05, 0.1) is 18.1 Å². The van der Waals surface area contributed by atoms with Crippen molar-refractivity contribution in [1.29, 1.82) is 0 Å². The molecule has 3 aromatic rings. The average molecular weight is 422 g/mol. The normalized spacial score (nSPS) is 15.9. The molecular weight excluding hydrogens is 402 g/mol. The second kappa shape index (κ2) is 6.96. The van der Waals surface area contributed by atoms with E-state index in [4.69, 9.17) is 0 Å². The summed E-state index contributed by atoms with van der Waals surface area (Å²) in [6.07, 6.45) is 2.55. The molecule has 0 bridgehead atoms. The lowest BCUT2D eigenvalue weighted by molar-refractivity contribution is 0.388. The van der Waals surface area contributed by atoms with Gasteiger partial charge in [0.2, 0.25) is 10.0 Å².